The van der Waals surface area contributed by atoms with Crippen LogP contribution in [0.3, 0.4) is 0 Å². The lowest BCUT2D eigenvalue weighted by molar-refractivity contribution is 0.0913. The first kappa shape index (κ1) is 18.4. The molecule has 138 valence electrons. The lowest BCUT2D eigenvalue weighted by atomic mass is 9.84. The maximum Gasteiger partial charge on any atom is 0.252 e. The Bertz CT molecular complexity index is 663. The molecular weight excluding hydrogens is 386 g/mol. The summed E-state index contributed by atoms with van der Waals surface area (Å²) in [5.74, 6) is 3.49. The largest absolute Gasteiger partial charge is 0.493 e. The predicted octanol–water partition coefficient (Wildman–Crippen LogP) is 4.03. The Labute approximate surface area is 157 Å². The number of nitrogens with one attached hydrogen (secondary N) is 1. The topological polar surface area (TPSA) is 56.8 Å². The van der Waals surface area contributed by atoms with Gasteiger partial charge in [0, 0.05) is 6.04 Å². The molecule has 3 rings (SSSR count). The molecule has 2 aliphatic carbocycles. The normalized spacial score (nSPS) is 25.6. The lowest BCUT2D eigenvalue weighted by Gasteiger charge is -2.28. The zero-order valence-electron chi connectivity index (χ0n) is 15.2. The van der Waals surface area contributed by atoms with Crippen LogP contribution in [0.2, 0.25) is 0 Å². The van der Waals surface area contributed by atoms with E-state index in [0.717, 1.165) is 11.8 Å². The summed E-state index contributed by atoms with van der Waals surface area (Å²) < 4.78 is 16.7. The van der Waals surface area contributed by atoms with Gasteiger partial charge in [-0.05, 0) is 65.9 Å². The van der Waals surface area contributed by atoms with Gasteiger partial charge in [0.15, 0.2) is 11.5 Å². The van der Waals surface area contributed by atoms with Crippen molar-refractivity contribution in [1.82, 2.24) is 5.32 Å². The van der Waals surface area contributed by atoms with Crippen molar-refractivity contribution in [3.63, 3.8) is 0 Å². The molecule has 0 saturated heterocycles. The van der Waals surface area contributed by atoms with Gasteiger partial charge in [0.25, 0.3) is 5.91 Å². The van der Waals surface area contributed by atoms with Gasteiger partial charge in [-0.1, -0.05) is 6.42 Å². The van der Waals surface area contributed by atoms with Crippen LogP contribution in [0.25, 0.3) is 0 Å². The number of hydrogen-bond acceptors (Lipinski definition) is 4. The molecule has 1 N–H and O–H groups in total. The van der Waals surface area contributed by atoms with Crippen molar-refractivity contribution in [3.8, 4) is 17.2 Å². The molecule has 0 aliphatic heterocycles. The summed E-state index contributed by atoms with van der Waals surface area (Å²) in [5.41, 5.74) is 0.490. The van der Waals surface area contributed by atoms with Gasteiger partial charge in [0.1, 0.15) is 0 Å². The molecule has 1 aromatic carbocycles. The maximum atomic E-state index is 12.9. The van der Waals surface area contributed by atoms with Gasteiger partial charge in [0.05, 0.1) is 31.4 Å². The van der Waals surface area contributed by atoms with E-state index in [9.17, 15) is 4.79 Å². The molecule has 2 fully saturated rings. The average molecular weight is 412 g/mol. The van der Waals surface area contributed by atoms with Crippen LogP contribution in [0.15, 0.2) is 10.5 Å². The van der Waals surface area contributed by atoms with Crippen LogP contribution in [0.5, 0.6) is 17.2 Å². The fraction of sp³-hybridized carbons (Fsp3) is 0.632. The van der Waals surface area contributed by atoms with Crippen LogP contribution >= 0.6 is 15.9 Å². The molecule has 2 aliphatic rings. The van der Waals surface area contributed by atoms with Crippen LogP contribution in [-0.4, -0.2) is 33.3 Å². The number of carbonyl (C=O) groups is 1. The second-order valence-corrected chi connectivity index (χ2v) is 7.90. The Kier molecular flexibility index (Phi) is 5.46. The first-order valence-electron chi connectivity index (χ1n) is 8.79. The van der Waals surface area contributed by atoms with E-state index in [-0.39, 0.29) is 11.9 Å². The van der Waals surface area contributed by atoms with E-state index in [1.54, 1.807) is 27.4 Å². The number of benzene rings is 1. The van der Waals surface area contributed by atoms with Crippen molar-refractivity contribution in [3.05, 3.63) is 16.1 Å². The minimum atomic E-state index is -0.124. The SMILES string of the molecule is COc1cc(C(=O)NC(C)C2CC3CCC2C3)c(Br)c(OC)c1OC. The van der Waals surface area contributed by atoms with Gasteiger partial charge in [-0.2, -0.15) is 0 Å². The number of halogens is 1. The zero-order valence-corrected chi connectivity index (χ0v) is 16.8. The molecule has 1 aromatic rings. The highest BCUT2D eigenvalue weighted by Crippen LogP contribution is 2.49. The summed E-state index contributed by atoms with van der Waals surface area (Å²) in [5, 5.41) is 3.18. The van der Waals surface area contributed by atoms with Crippen LogP contribution in [0, 0.1) is 17.8 Å². The first-order chi connectivity index (χ1) is 12.0. The first-order valence-corrected chi connectivity index (χ1v) is 9.58. The highest BCUT2D eigenvalue weighted by Gasteiger charge is 2.42. The number of fused-ring (bicyclic) bond motifs is 2. The molecule has 5 nitrogen and oxygen atoms in total. The van der Waals surface area contributed by atoms with E-state index < -0.39 is 0 Å². The molecule has 0 heterocycles. The highest BCUT2D eigenvalue weighted by molar-refractivity contribution is 9.10. The zero-order chi connectivity index (χ0) is 18.1. The minimum absolute atomic E-state index is 0.124. The molecule has 2 bridgehead atoms. The average Bonchev–Trinajstić information content (AvgIpc) is 3.24. The Morgan fingerprint density at radius 2 is 1.88 bits per heavy atom. The van der Waals surface area contributed by atoms with E-state index in [1.165, 1.54) is 25.7 Å². The van der Waals surface area contributed by atoms with Gasteiger partial charge in [0.2, 0.25) is 5.75 Å². The molecule has 4 unspecified atom stereocenters. The van der Waals surface area contributed by atoms with Crippen LogP contribution < -0.4 is 19.5 Å². The molecule has 0 radical (unpaired) electrons. The predicted molar refractivity (Wildman–Crippen MR) is 99.7 cm³/mol. The Morgan fingerprint density at radius 1 is 1.16 bits per heavy atom. The minimum Gasteiger partial charge on any atom is -0.493 e. The van der Waals surface area contributed by atoms with E-state index >= 15 is 0 Å². The molecular formula is C19H26BrNO4. The second kappa shape index (κ2) is 7.44. The van der Waals surface area contributed by atoms with Crippen LogP contribution in [-0.2, 0) is 0 Å². The Hall–Kier alpha value is -1.43. The fourth-order valence-corrected chi connectivity index (χ4v) is 5.22. The van der Waals surface area contributed by atoms with Gasteiger partial charge < -0.3 is 19.5 Å². The highest BCUT2D eigenvalue weighted by atomic mass is 79.9. The Morgan fingerprint density at radius 3 is 2.40 bits per heavy atom. The van der Waals surface area contributed by atoms with Crippen molar-refractivity contribution < 1.29 is 19.0 Å². The molecule has 2 saturated carbocycles. The summed E-state index contributed by atoms with van der Waals surface area (Å²) in [4.78, 5) is 12.9. The van der Waals surface area contributed by atoms with E-state index in [4.69, 9.17) is 14.2 Å². The standard InChI is InChI=1S/C19H26BrNO4/c1-10(13-8-11-5-6-12(13)7-11)21-19(22)14-9-15(23-2)17(24-3)18(25-4)16(14)20/h9-13H,5-8H2,1-4H3,(H,21,22). The number of ether oxygens (including phenoxy) is 3. The van der Waals surface area contributed by atoms with Gasteiger partial charge >= 0.3 is 0 Å². The smallest absolute Gasteiger partial charge is 0.252 e. The van der Waals surface area contributed by atoms with Crippen molar-refractivity contribution in [1.29, 1.82) is 0 Å². The Balaban J connectivity index is 1.82. The lowest BCUT2D eigenvalue weighted by Crippen LogP contribution is -2.40. The van der Waals surface area contributed by atoms with Crippen LogP contribution in [0.4, 0.5) is 0 Å². The maximum absolute atomic E-state index is 12.9. The summed E-state index contributed by atoms with van der Waals surface area (Å²) in [6, 6.07) is 1.85. The fourth-order valence-electron chi connectivity index (χ4n) is 4.58. The van der Waals surface area contributed by atoms with Gasteiger partial charge in [-0.25, -0.2) is 0 Å². The van der Waals surface area contributed by atoms with Crippen LogP contribution in [0.1, 0.15) is 43.0 Å². The number of rotatable bonds is 6. The molecule has 4 atom stereocenters. The number of amides is 1. The molecule has 1 amide bonds. The summed E-state index contributed by atoms with van der Waals surface area (Å²) in [7, 11) is 4.64. The number of carbonyl (C=O) groups excluding carboxylic acids is 1. The summed E-state index contributed by atoms with van der Waals surface area (Å²) in [6.07, 6.45) is 5.24. The van der Waals surface area contributed by atoms with Crippen molar-refractivity contribution in [2.75, 3.05) is 21.3 Å². The van der Waals surface area contributed by atoms with Crippen molar-refractivity contribution in [2.45, 2.75) is 38.6 Å². The molecule has 25 heavy (non-hydrogen) atoms. The monoisotopic (exact) mass is 411 g/mol. The molecule has 0 spiro atoms. The van der Waals surface area contributed by atoms with E-state index in [1.807, 2.05) is 0 Å². The second-order valence-electron chi connectivity index (χ2n) is 7.11. The summed E-state index contributed by atoms with van der Waals surface area (Å²) in [6.45, 7) is 2.12. The van der Waals surface area contributed by atoms with Crippen molar-refractivity contribution >= 4 is 21.8 Å². The summed E-state index contributed by atoms with van der Waals surface area (Å²) >= 11 is 3.48. The van der Waals surface area contributed by atoms with E-state index in [2.05, 4.69) is 28.2 Å². The van der Waals surface area contributed by atoms with Gasteiger partial charge in [-0.3, -0.25) is 4.79 Å². The third kappa shape index (κ3) is 3.33. The van der Waals surface area contributed by atoms with Crippen molar-refractivity contribution in [2.24, 2.45) is 17.8 Å². The number of methoxy groups -OCH3 is 3. The third-order valence-corrected chi connectivity index (χ3v) is 6.60. The van der Waals surface area contributed by atoms with E-state index in [0.29, 0.717) is 33.2 Å². The number of hydrogen-bond donors (Lipinski definition) is 1. The van der Waals surface area contributed by atoms with Gasteiger partial charge in [-0.15, -0.1) is 0 Å². The molecule has 6 heteroatoms. The third-order valence-electron chi connectivity index (χ3n) is 5.81. The molecule has 0 aromatic heterocycles. The quantitative estimate of drug-likeness (QED) is 0.767.